The summed E-state index contributed by atoms with van der Waals surface area (Å²) >= 11 is 4.96. The number of rotatable bonds is 3. The summed E-state index contributed by atoms with van der Waals surface area (Å²) in [5.74, 6) is 0. The molecule has 3 rings (SSSR count). The van der Waals surface area contributed by atoms with E-state index in [-0.39, 0.29) is 0 Å². The zero-order chi connectivity index (χ0) is 13.9. The molecule has 0 heterocycles. The van der Waals surface area contributed by atoms with Gasteiger partial charge in [-0.2, -0.15) is 0 Å². The first kappa shape index (κ1) is 12.6. The van der Waals surface area contributed by atoms with Gasteiger partial charge in [0.15, 0.2) is 0 Å². The van der Waals surface area contributed by atoms with E-state index in [0.717, 1.165) is 16.9 Å². The third-order valence-electron chi connectivity index (χ3n) is 3.24. The summed E-state index contributed by atoms with van der Waals surface area (Å²) in [6.07, 6.45) is 0. The van der Waals surface area contributed by atoms with Gasteiger partial charge in [0.2, 0.25) is 0 Å². The van der Waals surface area contributed by atoms with Crippen LogP contribution in [0.4, 0.5) is 11.4 Å². The molecule has 0 unspecified atom stereocenters. The van der Waals surface area contributed by atoms with Gasteiger partial charge in [-0.05, 0) is 35.7 Å². The van der Waals surface area contributed by atoms with E-state index in [1.54, 1.807) is 0 Å². The lowest BCUT2D eigenvalue weighted by Crippen LogP contribution is -2.08. The van der Waals surface area contributed by atoms with Gasteiger partial charge in [0, 0.05) is 22.3 Å². The van der Waals surface area contributed by atoms with Crippen molar-refractivity contribution in [3.05, 3.63) is 72.3 Å². The highest BCUT2D eigenvalue weighted by Crippen LogP contribution is 2.26. The Balaban J connectivity index is 1.95. The van der Waals surface area contributed by atoms with Crippen LogP contribution in [0.15, 0.2) is 66.7 Å². The summed E-state index contributed by atoms with van der Waals surface area (Å²) in [7, 11) is 0. The minimum absolute atomic E-state index is 0.418. The Labute approximate surface area is 123 Å². The zero-order valence-electron chi connectivity index (χ0n) is 10.8. The van der Waals surface area contributed by atoms with Crippen LogP contribution in [0.3, 0.4) is 0 Å². The van der Waals surface area contributed by atoms with E-state index in [0.29, 0.717) is 4.99 Å². The summed E-state index contributed by atoms with van der Waals surface area (Å²) < 4.78 is 0. The standard InChI is InChI=1S/C17H14N2S/c18-17(20)13-8-10-14(11-9-13)19-16-7-3-5-12-4-1-2-6-15(12)16/h1-11,19H,(H2,18,20). The van der Waals surface area contributed by atoms with Crippen LogP contribution in [0.2, 0.25) is 0 Å². The quantitative estimate of drug-likeness (QED) is 0.705. The molecular formula is C17H14N2S. The van der Waals surface area contributed by atoms with Crippen LogP contribution in [0.1, 0.15) is 5.56 Å². The van der Waals surface area contributed by atoms with Crippen molar-refractivity contribution in [2.24, 2.45) is 5.73 Å². The Morgan fingerprint density at radius 3 is 2.30 bits per heavy atom. The molecule has 3 heteroatoms. The number of thiocarbonyl (C=S) groups is 1. The molecule has 0 aliphatic carbocycles. The average molecular weight is 278 g/mol. The molecule has 0 saturated heterocycles. The van der Waals surface area contributed by atoms with Crippen LogP contribution in [0, 0.1) is 0 Å². The molecule has 0 bridgehead atoms. The maximum absolute atomic E-state index is 5.60. The van der Waals surface area contributed by atoms with Crippen molar-refractivity contribution < 1.29 is 0 Å². The fourth-order valence-corrected chi connectivity index (χ4v) is 2.34. The largest absolute Gasteiger partial charge is 0.389 e. The van der Waals surface area contributed by atoms with Crippen molar-refractivity contribution >= 4 is 39.4 Å². The molecule has 0 saturated carbocycles. The highest BCUT2D eigenvalue weighted by atomic mass is 32.1. The molecule has 0 atom stereocenters. The van der Waals surface area contributed by atoms with E-state index in [9.17, 15) is 0 Å². The predicted molar refractivity (Wildman–Crippen MR) is 89.6 cm³/mol. The monoisotopic (exact) mass is 278 g/mol. The van der Waals surface area contributed by atoms with E-state index >= 15 is 0 Å². The van der Waals surface area contributed by atoms with E-state index < -0.39 is 0 Å². The van der Waals surface area contributed by atoms with Gasteiger partial charge >= 0.3 is 0 Å². The third-order valence-corrected chi connectivity index (χ3v) is 3.47. The Bertz CT molecular complexity index is 758. The lowest BCUT2D eigenvalue weighted by Gasteiger charge is -2.10. The minimum atomic E-state index is 0.418. The molecule has 0 amide bonds. The van der Waals surface area contributed by atoms with Crippen LogP contribution in [-0.4, -0.2) is 4.99 Å². The van der Waals surface area contributed by atoms with Crippen molar-refractivity contribution in [3.63, 3.8) is 0 Å². The SMILES string of the molecule is NC(=S)c1ccc(Nc2cccc3ccccc23)cc1. The molecule has 0 fully saturated rings. The predicted octanol–water partition coefficient (Wildman–Crippen LogP) is 4.22. The first-order valence-electron chi connectivity index (χ1n) is 6.39. The lowest BCUT2D eigenvalue weighted by atomic mass is 10.1. The maximum Gasteiger partial charge on any atom is 0.103 e. The number of benzene rings is 3. The van der Waals surface area contributed by atoms with Gasteiger partial charge in [-0.3, -0.25) is 0 Å². The Morgan fingerprint density at radius 1 is 0.850 bits per heavy atom. The Hall–Kier alpha value is -2.39. The van der Waals surface area contributed by atoms with Crippen molar-refractivity contribution in [2.75, 3.05) is 5.32 Å². The molecule has 0 aromatic heterocycles. The van der Waals surface area contributed by atoms with Crippen LogP contribution in [0.5, 0.6) is 0 Å². The molecule has 3 aromatic rings. The van der Waals surface area contributed by atoms with Gasteiger partial charge in [0.05, 0.1) is 0 Å². The molecule has 20 heavy (non-hydrogen) atoms. The number of hydrogen-bond donors (Lipinski definition) is 2. The second kappa shape index (κ2) is 5.31. The number of nitrogens with one attached hydrogen (secondary N) is 1. The van der Waals surface area contributed by atoms with Gasteiger partial charge in [0.25, 0.3) is 0 Å². The molecule has 3 N–H and O–H groups in total. The number of anilines is 2. The summed E-state index contributed by atoms with van der Waals surface area (Å²) in [5, 5.41) is 5.85. The van der Waals surface area contributed by atoms with Gasteiger partial charge in [-0.25, -0.2) is 0 Å². The molecule has 0 radical (unpaired) electrons. The maximum atomic E-state index is 5.60. The van der Waals surface area contributed by atoms with E-state index in [4.69, 9.17) is 18.0 Å². The van der Waals surface area contributed by atoms with Crippen molar-refractivity contribution in [2.45, 2.75) is 0 Å². The fourth-order valence-electron chi connectivity index (χ4n) is 2.21. The average Bonchev–Trinajstić information content (AvgIpc) is 2.48. The lowest BCUT2D eigenvalue weighted by molar-refractivity contribution is 1.55. The highest BCUT2D eigenvalue weighted by Gasteiger charge is 2.01. The van der Waals surface area contributed by atoms with Crippen molar-refractivity contribution in [1.29, 1.82) is 0 Å². The summed E-state index contributed by atoms with van der Waals surface area (Å²) in [5.41, 5.74) is 8.58. The number of fused-ring (bicyclic) bond motifs is 1. The normalized spacial score (nSPS) is 10.4. The fraction of sp³-hybridized carbons (Fsp3) is 0. The van der Waals surface area contributed by atoms with Crippen molar-refractivity contribution in [1.82, 2.24) is 0 Å². The second-order valence-corrected chi connectivity index (χ2v) is 5.03. The first-order chi connectivity index (χ1) is 9.74. The molecule has 0 aliphatic heterocycles. The second-order valence-electron chi connectivity index (χ2n) is 4.59. The third kappa shape index (κ3) is 2.49. The smallest absolute Gasteiger partial charge is 0.103 e. The molecule has 98 valence electrons. The van der Waals surface area contributed by atoms with Gasteiger partial charge < -0.3 is 11.1 Å². The van der Waals surface area contributed by atoms with Crippen LogP contribution >= 0.6 is 12.2 Å². The van der Waals surface area contributed by atoms with E-state index in [2.05, 4.69) is 29.6 Å². The Kier molecular flexibility index (Phi) is 3.35. The number of nitrogens with two attached hydrogens (primary N) is 1. The first-order valence-corrected chi connectivity index (χ1v) is 6.79. The summed E-state index contributed by atoms with van der Waals surface area (Å²) in [6.45, 7) is 0. The molecular weight excluding hydrogens is 264 g/mol. The summed E-state index contributed by atoms with van der Waals surface area (Å²) in [6, 6.07) is 22.4. The summed E-state index contributed by atoms with van der Waals surface area (Å²) in [4.78, 5) is 0.418. The van der Waals surface area contributed by atoms with E-state index in [1.807, 2.05) is 42.5 Å². The molecule has 0 aliphatic rings. The van der Waals surface area contributed by atoms with Crippen LogP contribution < -0.4 is 11.1 Å². The Morgan fingerprint density at radius 2 is 1.55 bits per heavy atom. The molecule has 3 aromatic carbocycles. The molecule has 2 nitrogen and oxygen atoms in total. The number of hydrogen-bond acceptors (Lipinski definition) is 2. The molecule has 0 spiro atoms. The minimum Gasteiger partial charge on any atom is -0.389 e. The van der Waals surface area contributed by atoms with E-state index in [1.165, 1.54) is 10.8 Å². The topological polar surface area (TPSA) is 38.0 Å². The van der Waals surface area contributed by atoms with Crippen LogP contribution in [-0.2, 0) is 0 Å². The van der Waals surface area contributed by atoms with Crippen molar-refractivity contribution in [3.8, 4) is 0 Å². The van der Waals surface area contributed by atoms with Gasteiger partial charge in [-0.15, -0.1) is 0 Å². The van der Waals surface area contributed by atoms with Gasteiger partial charge in [-0.1, -0.05) is 48.6 Å². The van der Waals surface area contributed by atoms with Crippen LogP contribution in [0.25, 0.3) is 10.8 Å². The zero-order valence-corrected chi connectivity index (χ0v) is 11.7. The van der Waals surface area contributed by atoms with Gasteiger partial charge in [0.1, 0.15) is 4.99 Å². The highest BCUT2D eigenvalue weighted by molar-refractivity contribution is 7.80.